The van der Waals surface area contributed by atoms with Gasteiger partial charge in [-0.05, 0) is 101 Å². The van der Waals surface area contributed by atoms with Crippen LogP contribution in [0.5, 0.6) is 5.75 Å². The normalized spacial score (nSPS) is 20.4. The van der Waals surface area contributed by atoms with Crippen LogP contribution in [0.4, 0.5) is 0 Å². The molecule has 2 aromatic carbocycles. The number of rotatable bonds is 6. The molecule has 0 N–H and O–H groups in total. The fourth-order valence-corrected chi connectivity index (χ4v) is 7.42. The van der Waals surface area contributed by atoms with Crippen molar-refractivity contribution in [2.24, 2.45) is 0 Å². The van der Waals surface area contributed by atoms with Gasteiger partial charge in [0.05, 0.1) is 43.5 Å². The minimum Gasteiger partial charge on any atom is -0.497 e. The van der Waals surface area contributed by atoms with Crippen molar-refractivity contribution in [3.63, 3.8) is 0 Å². The van der Waals surface area contributed by atoms with Crippen molar-refractivity contribution in [1.29, 1.82) is 0 Å². The van der Waals surface area contributed by atoms with Gasteiger partial charge in [0.15, 0.2) is 5.78 Å². The van der Waals surface area contributed by atoms with Crippen LogP contribution in [0, 0.1) is 0 Å². The Morgan fingerprint density at radius 3 is 2.35 bits per heavy atom. The molecule has 0 radical (unpaired) electrons. The van der Waals surface area contributed by atoms with E-state index in [0.717, 1.165) is 40.6 Å². The summed E-state index contributed by atoms with van der Waals surface area (Å²) < 4.78 is 19.4. The van der Waals surface area contributed by atoms with Crippen LogP contribution in [-0.4, -0.2) is 65.1 Å². The molecule has 1 aromatic heterocycles. The maximum Gasteiger partial charge on any atom is 0.338 e. The van der Waals surface area contributed by atoms with E-state index in [1.54, 1.807) is 12.0 Å². The number of aromatic nitrogens is 1. The highest BCUT2D eigenvalue weighted by atomic mass is 16.6. The molecule has 2 fully saturated rings. The number of fused-ring (bicyclic) bond motifs is 5. The van der Waals surface area contributed by atoms with E-state index in [0.29, 0.717) is 35.9 Å². The van der Waals surface area contributed by atoms with E-state index in [9.17, 15) is 14.4 Å². The fourth-order valence-electron chi connectivity index (χ4n) is 7.42. The summed E-state index contributed by atoms with van der Waals surface area (Å²) in [5, 5.41) is 1.09. The van der Waals surface area contributed by atoms with Gasteiger partial charge < -0.3 is 23.7 Å². The molecule has 0 spiro atoms. The maximum absolute atomic E-state index is 14.1. The SMILES string of the molecule is COc1ccc2c(c1)C=C(C(=O)CC(=O)N1CC(C)OC(C)C1)Cn1c-2c(C2CCCCC2)c2ccc(C(=O)OC(C)(C)C)cc21. The smallest absolute Gasteiger partial charge is 0.338 e. The van der Waals surface area contributed by atoms with Crippen molar-refractivity contribution in [2.45, 2.75) is 103 Å². The van der Waals surface area contributed by atoms with Crippen LogP contribution in [0.15, 0.2) is 42.0 Å². The second-order valence-corrected chi connectivity index (χ2v) is 14.2. The summed E-state index contributed by atoms with van der Waals surface area (Å²) in [5.41, 5.74) is 5.52. The predicted molar refractivity (Wildman–Crippen MR) is 179 cm³/mol. The van der Waals surface area contributed by atoms with E-state index >= 15 is 0 Å². The third-order valence-corrected chi connectivity index (χ3v) is 9.37. The van der Waals surface area contributed by atoms with Crippen molar-refractivity contribution in [2.75, 3.05) is 20.2 Å². The lowest BCUT2D eigenvalue weighted by molar-refractivity contribution is -0.145. The number of carbonyl (C=O) groups is 3. The summed E-state index contributed by atoms with van der Waals surface area (Å²) in [7, 11) is 1.64. The van der Waals surface area contributed by atoms with Gasteiger partial charge >= 0.3 is 5.97 Å². The highest BCUT2D eigenvalue weighted by molar-refractivity contribution is 6.10. The Morgan fingerprint density at radius 2 is 1.67 bits per heavy atom. The number of Topliss-reactive ketones (excluding diaryl/α,β-unsaturated/α-hetero) is 1. The summed E-state index contributed by atoms with van der Waals surface area (Å²) in [5.74, 6) is 0.289. The molecule has 2 unspecified atom stereocenters. The highest BCUT2D eigenvalue weighted by Gasteiger charge is 2.32. The van der Waals surface area contributed by atoms with E-state index < -0.39 is 5.60 Å². The molecule has 1 saturated carbocycles. The summed E-state index contributed by atoms with van der Waals surface area (Å²) >= 11 is 0. The average molecular weight is 627 g/mol. The van der Waals surface area contributed by atoms with Gasteiger partial charge in [-0.25, -0.2) is 4.79 Å². The van der Waals surface area contributed by atoms with Crippen LogP contribution in [0.25, 0.3) is 28.2 Å². The van der Waals surface area contributed by atoms with Gasteiger partial charge in [0.25, 0.3) is 0 Å². The Balaban J connectivity index is 1.48. The first-order chi connectivity index (χ1) is 21.9. The van der Waals surface area contributed by atoms with Crippen LogP contribution in [0.3, 0.4) is 0 Å². The molecule has 244 valence electrons. The largest absolute Gasteiger partial charge is 0.497 e. The average Bonchev–Trinajstić information content (AvgIpc) is 3.22. The Bertz CT molecular complexity index is 1690. The number of benzene rings is 2. The molecule has 2 atom stereocenters. The number of methoxy groups -OCH3 is 1. The van der Waals surface area contributed by atoms with Crippen LogP contribution in [0.1, 0.15) is 101 Å². The van der Waals surface area contributed by atoms with Crippen LogP contribution in [-0.2, 0) is 25.6 Å². The molecule has 8 nitrogen and oxygen atoms in total. The van der Waals surface area contributed by atoms with Crippen LogP contribution < -0.4 is 4.74 Å². The molecular weight excluding hydrogens is 580 g/mol. The Morgan fingerprint density at radius 1 is 0.957 bits per heavy atom. The zero-order valence-corrected chi connectivity index (χ0v) is 28.0. The van der Waals surface area contributed by atoms with Gasteiger partial charge in [-0.2, -0.15) is 0 Å². The molecule has 6 rings (SSSR count). The topological polar surface area (TPSA) is 87.1 Å². The zero-order valence-electron chi connectivity index (χ0n) is 28.0. The quantitative estimate of drug-likeness (QED) is 0.211. The zero-order chi connectivity index (χ0) is 32.7. The summed E-state index contributed by atoms with van der Waals surface area (Å²) in [6.07, 6.45) is 7.32. The van der Waals surface area contributed by atoms with Crippen molar-refractivity contribution in [1.82, 2.24) is 9.47 Å². The minimum atomic E-state index is -0.627. The lowest BCUT2D eigenvalue weighted by Crippen LogP contribution is -2.48. The van der Waals surface area contributed by atoms with E-state index in [1.165, 1.54) is 24.8 Å². The molecule has 3 aromatic rings. The van der Waals surface area contributed by atoms with E-state index in [4.69, 9.17) is 14.2 Å². The Kier molecular flexibility index (Phi) is 8.85. The predicted octanol–water partition coefficient (Wildman–Crippen LogP) is 7.31. The number of morpholine rings is 1. The van der Waals surface area contributed by atoms with Gasteiger partial charge in [0, 0.05) is 35.1 Å². The second kappa shape index (κ2) is 12.7. The van der Waals surface area contributed by atoms with Gasteiger partial charge in [0.2, 0.25) is 5.91 Å². The monoisotopic (exact) mass is 626 g/mol. The molecule has 0 bridgehead atoms. The summed E-state index contributed by atoms with van der Waals surface area (Å²) in [4.78, 5) is 42.5. The van der Waals surface area contributed by atoms with Crippen LogP contribution in [0.2, 0.25) is 0 Å². The lowest BCUT2D eigenvalue weighted by atomic mass is 9.81. The summed E-state index contributed by atoms with van der Waals surface area (Å²) in [6, 6.07) is 11.8. The highest BCUT2D eigenvalue weighted by Crippen LogP contribution is 2.47. The Labute approximate surface area is 271 Å². The number of allylic oxidation sites excluding steroid dienone is 1. The Hall–Kier alpha value is -3.91. The van der Waals surface area contributed by atoms with Crippen molar-refractivity contribution < 1.29 is 28.6 Å². The number of ether oxygens (including phenoxy) is 3. The number of hydrogen-bond donors (Lipinski definition) is 0. The first-order valence-electron chi connectivity index (χ1n) is 16.7. The van der Waals surface area contributed by atoms with Crippen LogP contribution >= 0.6 is 0 Å². The number of nitrogens with zero attached hydrogens (tertiary/aromatic N) is 2. The van der Waals surface area contributed by atoms with Crippen molar-refractivity contribution >= 4 is 34.6 Å². The first-order valence-corrected chi connectivity index (χ1v) is 16.7. The van der Waals surface area contributed by atoms with Gasteiger partial charge in [0.1, 0.15) is 11.4 Å². The number of hydrogen-bond acceptors (Lipinski definition) is 6. The van der Waals surface area contributed by atoms with Crippen molar-refractivity contribution in [3.05, 3.63) is 58.7 Å². The number of amides is 1. The molecule has 3 heterocycles. The second-order valence-electron chi connectivity index (χ2n) is 14.2. The molecule has 2 aliphatic heterocycles. The molecule has 46 heavy (non-hydrogen) atoms. The van der Waals surface area contributed by atoms with Gasteiger partial charge in [-0.15, -0.1) is 0 Å². The van der Waals surface area contributed by atoms with E-state index in [1.807, 2.05) is 65.0 Å². The number of ketones is 1. The fraction of sp³-hybridized carbons (Fsp3) is 0.500. The third kappa shape index (κ3) is 6.50. The number of carbonyl (C=O) groups excluding carboxylic acids is 3. The molecular formula is C38H46N2O6. The lowest BCUT2D eigenvalue weighted by Gasteiger charge is -2.35. The van der Waals surface area contributed by atoms with Gasteiger partial charge in [-0.3, -0.25) is 9.59 Å². The summed E-state index contributed by atoms with van der Waals surface area (Å²) in [6.45, 7) is 10.7. The molecule has 1 saturated heterocycles. The third-order valence-electron chi connectivity index (χ3n) is 9.37. The maximum atomic E-state index is 14.1. The molecule has 3 aliphatic rings. The van der Waals surface area contributed by atoms with E-state index in [2.05, 4.69) is 16.7 Å². The molecule has 1 aliphatic carbocycles. The molecule has 1 amide bonds. The van der Waals surface area contributed by atoms with Gasteiger partial charge in [-0.1, -0.05) is 25.3 Å². The minimum absolute atomic E-state index is 0.0783. The first kappa shape index (κ1) is 32.0. The van der Waals surface area contributed by atoms with Crippen molar-refractivity contribution in [3.8, 4) is 17.0 Å². The standard InChI is InChI=1S/C38H46N2O6/c1-23-20-39(21-24(2)45-23)34(42)19-33(41)28-16-27-17-29(44-6)13-15-30(27)36-35(25-10-8-7-9-11-25)31-14-12-26(18-32(31)40(36)22-28)37(43)46-38(3,4)5/h12-18,23-25H,7-11,19-22H2,1-6H3. The van der Waals surface area contributed by atoms with E-state index in [-0.39, 0.29) is 42.8 Å². The molecule has 8 heteroatoms. The number of esters is 1.